The van der Waals surface area contributed by atoms with Crippen LogP contribution in [0.25, 0.3) is 0 Å². The van der Waals surface area contributed by atoms with Crippen molar-refractivity contribution in [2.75, 3.05) is 26.2 Å². The van der Waals surface area contributed by atoms with E-state index in [4.69, 9.17) is 5.73 Å². The molecule has 1 aliphatic heterocycles. The van der Waals surface area contributed by atoms with Crippen LogP contribution < -0.4 is 11.1 Å². The molecule has 3 N–H and O–H groups in total. The molecule has 0 radical (unpaired) electrons. The summed E-state index contributed by atoms with van der Waals surface area (Å²) in [5, 5.41) is 3.08. The van der Waals surface area contributed by atoms with Crippen LogP contribution in [0.2, 0.25) is 0 Å². The first-order valence-electron chi connectivity index (χ1n) is 7.87. The Labute approximate surface area is 127 Å². The van der Waals surface area contributed by atoms with E-state index >= 15 is 0 Å². The van der Waals surface area contributed by atoms with Crippen molar-refractivity contribution in [1.29, 1.82) is 0 Å². The van der Waals surface area contributed by atoms with Crippen LogP contribution in [0.15, 0.2) is 30.3 Å². The Morgan fingerprint density at radius 1 is 1.43 bits per heavy atom. The fourth-order valence-corrected chi connectivity index (χ4v) is 2.99. The predicted molar refractivity (Wildman–Crippen MR) is 85.8 cm³/mol. The van der Waals surface area contributed by atoms with Gasteiger partial charge in [0.05, 0.1) is 12.6 Å². The molecule has 1 aliphatic rings. The van der Waals surface area contributed by atoms with Crippen LogP contribution in [0.3, 0.4) is 0 Å². The second-order valence-electron chi connectivity index (χ2n) is 6.20. The first-order chi connectivity index (χ1) is 10.1. The minimum Gasteiger partial charge on any atom is -0.348 e. The van der Waals surface area contributed by atoms with E-state index in [1.54, 1.807) is 0 Å². The molecule has 1 saturated heterocycles. The second-order valence-corrected chi connectivity index (χ2v) is 6.20. The van der Waals surface area contributed by atoms with Crippen molar-refractivity contribution < 1.29 is 4.79 Å². The predicted octanol–water partition coefficient (Wildman–Crippen LogP) is 1.78. The molecule has 0 aromatic heterocycles. The van der Waals surface area contributed by atoms with Crippen molar-refractivity contribution >= 4 is 5.91 Å². The standard InChI is InChI=1S/C17H27N3O/c1-13-8-9-20(11-16(13)10-18)12-17(21)19-14(2)15-6-4-3-5-7-15/h3-7,13-14,16H,8-12,18H2,1-2H3,(H,19,21). The van der Waals surface area contributed by atoms with Crippen molar-refractivity contribution in [1.82, 2.24) is 10.2 Å². The Kier molecular flexibility index (Phi) is 5.76. The van der Waals surface area contributed by atoms with Crippen molar-refractivity contribution in [3.05, 3.63) is 35.9 Å². The Morgan fingerprint density at radius 3 is 2.81 bits per heavy atom. The van der Waals surface area contributed by atoms with Crippen molar-refractivity contribution in [3.63, 3.8) is 0 Å². The van der Waals surface area contributed by atoms with Crippen LogP contribution in [0.1, 0.15) is 31.9 Å². The largest absolute Gasteiger partial charge is 0.348 e. The van der Waals surface area contributed by atoms with Crippen molar-refractivity contribution in [2.24, 2.45) is 17.6 Å². The van der Waals surface area contributed by atoms with Gasteiger partial charge in [0, 0.05) is 6.54 Å². The van der Waals surface area contributed by atoms with Gasteiger partial charge in [-0.05, 0) is 43.8 Å². The van der Waals surface area contributed by atoms with Crippen LogP contribution in [0.4, 0.5) is 0 Å². The minimum absolute atomic E-state index is 0.0488. The Balaban J connectivity index is 1.82. The number of rotatable bonds is 5. The van der Waals surface area contributed by atoms with Crippen LogP contribution in [-0.4, -0.2) is 37.0 Å². The number of nitrogens with two attached hydrogens (primary N) is 1. The highest BCUT2D eigenvalue weighted by atomic mass is 16.2. The summed E-state index contributed by atoms with van der Waals surface area (Å²) in [6.45, 7) is 7.39. The lowest BCUT2D eigenvalue weighted by Crippen LogP contribution is -2.47. The SMILES string of the molecule is CC(NC(=O)CN1CCC(C)C(CN)C1)c1ccccc1. The van der Waals surface area contributed by atoms with Crippen molar-refractivity contribution in [2.45, 2.75) is 26.3 Å². The van der Waals surface area contributed by atoms with Gasteiger partial charge in [0.25, 0.3) is 0 Å². The Hall–Kier alpha value is -1.39. The smallest absolute Gasteiger partial charge is 0.234 e. The number of hydrogen-bond acceptors (Lipinski definition) is 3. The van der Waals surface area contributed by atoms with Crippen LogP contribution in [0.5, 0.6) is 0 Å². The van der Waals surface area contributed by atoms with E-state index in [1.807, 2.05) is 37.3 Å². The highest BCUT2D eigenvalue weighted by molar-refractivity contribution is 5.78. The molecule has 0 spiro atoms. The molecule has 2 rings (SSSR count). The zero-order valence-electron chi connectivity index (χ0n) is 13.1. The fourth-order valence-electron chi connectivity index (χ4n) is 2.99. The topological polar surface area (TPSA) is 58.4 Å². The third-order valence-electron chi connectivity index (χ3n) is 4.55. The maximum atomic E-state index is 12.2. The minimum atomic E-state index is 0.0488. The molecular formula is C17H27N3O. The molecule has 116 valence electrons. The number of piperidine rings is 1. The summed E-state index contributed by atoms with van der Waals surface area (Å²) in [5.41, 5.74) is 6.95. The van der Waals surface area contributed by atoms with Gasteiger partial charge >= 0.3 is 0 Å². The van der Waals surface area contributed by atoms with E-state index in [2.05, 4.69) is 17.1 Å². The summed E-state index contributed by atoms with van der Waals surface area (Å²) >= 11 is 0. The number of nitrogens with zero attached hydrogens (tertiary/aromatic N) is 1. The van der Waals surface area contributed by atoms with Gasteiger partial charge < -0.3 is 11.1 Å². The molecule has 1 heterocycles. The molecule has 1 amide bonds. The lowest BCUT2D eigenvalue weighted by Gasteiger charge is -2.36. The first kappa shape index (κ1) is 16.0. The highest BCUT2D eigenvalue weighted by Crippen LogP contribution is 2.22. The quantitative estimate of drug-likeness (QED) is 0.868. The molecule has 0 saturated carbocycles. The van der Waals surface area contributed by atoms with E-state index in [0.29, 0.717) is 24.9 Å². The third kappa shape index (κ3) is 4.55. The molecule has 1 fully saturated rings. The maximum absolute atomic E-state index is 12.2. The number of nitrogens with one attached hydrogen (secondary N) is 1. The molecule has 3 unspecified atom stereocenters. The first-order valence-corrected chi connectivity index (χ1v) is 7.87. The molecule has 0 aliphatic carbocycles. The average molecular weight is 289 g/mol. The van der Waals surface area contributed by atoms with Gasteiger partial charge in [-0.3, -0.25) is 9.69 Å². The van der Waals surface area contributed by atoms with Crippen LogP contribution in [-0.2, 0) is 4.79 Å². The van der Waals surface area contributed by atoms with E-state index < -0.39 is 0 Å². The Bertz CT molecular complexity index is 449. The number of benzene rings is 1. The monoisotopic (exact) mass is 289 g/mol. The normalized spacial score (nSPS) is 24.5. The second kappa shape index (κ2) is 7.57. The fraction of sp³-hybridized carbons (Fsp3) is 0.588. The number of hydrogen-bond donors (Lipinski definition) is 2. The van der Waals surface area contributed by atoms with Gasteiger partial charge in [0.2, 0.25) is 5.91 Å². The van der Waals surface area contributed by atoms with Gasteiger partial charge in [-0.15, -0.1) is 0 Å². The molecular weight excluding hydrogens is 262 g/mol. The summed E-state index contributed by atoms with van der Waals surface area (Å²) in [6.07, 6.45) is 1.13. The van der Waals surface area contributed by atoms with Gasteiger partial charge in [-0.1, -0.05) is 37.3 Å². The number of amides is 1. The van der Waals surface area contributed by atoms with E-state index in [1.165, 1.54) is 0 Å². The maximum Gasteiger partial charge on any atom is 0.234 e. The molecule has 0 bridgehead atoms. The molecule has 1 aromatic rings. The van der Waals surface area contributed by atoms with Crippen LogP contribution in [0, 0.1) is 11.8 Å². The third-order valence-corrected chi connectivity index (χ3v) is 4.55. The van der Waals surface area contributed by atoms with Gasteiger partial charge in [0.1, 0.15) is 0 Å². The molecule has 4 heteroatoms. The summed E-state index contributed by atoms with van der Waals surface area (Å²) in [7, 11) is 0. The summed E-state index contributed by atoms with van der Waals surface area (Å²) < 4.78 is 0. The number of likely N-dealkylation sites (tertiary alicyclic amines) is 1. The van der Waals surface area contributed by atoms with Gasteiger partial charge in [-0.25, -0.2) is 0 Å². The lowest BCUT2D eigenvalue weighted by atomic mass is 9.87. The summed E-state index contributed by atoms with van der Waals surface area (Å²) in [5.74, 6) is 1.27. The average Bonchev–Trinajstić information content (AvgIpc) is 2.50. The highest BCUT2D eigenvalue weighted by Gasteiger charge is 2.26. The van der Waals surface area contributed by atoms with Gasteiger partial charge in [-0.2, -0.15) is 0 Å². The van der Waals surface area contributed by atoms with Crippen LogP contribution >= 0.6 is 0 Å². The summed E-state index contributed by atoms with van der Waals surface area (Å²) in [4.78, 5) is 14.4. The molecule has 21 heavy (non-hydrogen) atoms. The molecule has 1 aromatic carbocycles. The van der Waals surface area contributed by atoms with Gasteiger partial charge in [0.15, 0.2) is 0 Å². The molecule has 3 atom stereocenters. The zero-order chi connectivity index (χ0) is 15.2. The molecule has 4 nitrogen and oxygen atoms in total. The lowest BCUT2D eigenvalue weighted by molar-refractivity contribution is -0.123. The number of carbonyl (C=O) groups excluding carboxylic acids is 1. The van der Waals surface area contributed by atoms with E-state index in [9.17, 15) is 4.79 Å². The number of carbonyl (C=O) groups is 1. The Morgan fingerprint density at radius 2 is 2.14 bits per heavy atom. The van der Waals surface area contributed by atoms with E-state index in [0.717, 1.165) is 25.1 Å². The van der Waals surface area contributed by atoms with Crippen molar-refractivity contribution in [3.8, 4) is 0 Å². The zero-order valence-corrected chi connectivity index (χ0v) is 13.1. The van der Waals surface area contributed by atoms with E-state index in [-0.39, 0.29) is 11.9 Å². The summed E-state index contributed by atoms with van der Waals surface area (Å²) in [6, 6.07) is 10.1.